The highest BCUT2D eigenvalue weighted by Gasteiger charge is 2.47. The highest BCUT2D eigenvalue weighted by atomic mass is 32.2. The summed E-state index contributed by atoms with van der Waals surface area (Å²) in [4.78, 5) is 1.40. The average Bonchev–Trinajstić information content (AvgIpc) is 3.33. The predicted octanol–water partition coefficient (Wildman–Crippen LogP) is 10.7. The number of fused-ring (bicyclic) bond motifs is 5. The Kier molecular flexibility index (Phi) is 5.37. The second-order valence-electron chi connectivity index (χ2n) is 11.0. The van der Waals surface area contributed by atoms with Gasteiger partial charge in [-0.15, -0.1) is 11.8 Å². The van der Waals surface area contributed by atoms with E-state index in [4.69, 9.17) is 0 Å². The van der Waals surface area contributed by atoms with Gasteiger partial charge < -0.3 is 0 Å². The van der Waals surface area contributed by atoms with Crippen molar-refractivity contribution < 1.29 is 0 Å². The van der Waals surface area contributed by atoms with Gasteiger partial charge in [-0.05, 0) is 79.6 Å². The molecule has 1 heteroatoms. The van der Waals surface area contributed by atoms with Crippen LogP contribution in [0.1, 0.15) is 18.1 Å². The van der Waals surface area contributed by atoms with Crippen LogP contribution in [0.5, 0.6) is 0 Å². The first kappa shape index (κ1) is 23.5. The number of rotatable bonds is 3. The summed E-state index contributed by atoms with van der Waals surface area (Å²) in [6, 6.07) is 46.7. The number of hydrogen-bond acceptors (Lipinski definition) is 1. The minimum atomic E-state index is -0.101. The zero-order valence-corrected chi connectivity index (χ0v) is 23.2. The van der Waals surface area contributed by atoms with Gasteiger partial charge in [0.25, 0.3) is 0 Å². The van der Waals surface area contributed by atoms with Crippen LogP contribution in [0.3, 0.4) is 0 Å². The van der Waals surface area contributed by atoms with Crippen molar-refractivity contribution in [3.63, 3.8) is 0 Å². The monoisotopic (exact) mass is 528 g/mol. The molecule has 40 heavy (non-hydrogen) atoms. The third-order valence-corrected chi connectivity index (χ3v) is 10.3. The van der Waals surface area contributed by atoms with Crippen molar-refractivity contribution in [2.75, 3.05) is 0 Å². The molecule has 1 aliphatic carbocycles. The second-order valence-corrected chi connectivity index (χ2v) is 12.2. The predicted molar refractivity (Wildman–Crippen MR) is 173 cm³/mol. The molecule has 0 saturated carbocycles. The van der Waals surface area contributed by atoms with E-state index >= 15 is 0 Å². The zero-order valence-electron chi connectivity index (χ0n) is 22.3. The molecule has 190 valence electrons. The topological polar surface area (TPSA) is 0 Å². The maximum absolute atomic E-state index is 2.45. The molecule has 0 aromatic heterocycles. The first-order valence-electron chi connectivity index (χ1n) is 14.0. The lowest BCUT2D eigenvalue weighted by Gasteiger charge is -2.37. The SMILES string of the molecule is CC12C(c3c4ccccc4c(-c4cccc(-c5ccccc5)c4)c4ccccc34)=CC=CC1Sc1ccccc12. The maximum Gasteiger partial charge on any atom is 0.0413 e. The molecule has 0 N–H and O–H groups in total. The van der Waals surface area contributed by atoms with Gasteiger partial charge in [0.1, 0.15) is 0 Å². The van der Waals surface area contributed by atoms with Crippen LogP contribution in [-0.2, 0) is 5.41 Å². The fraction of sp³-hybridized carbons (Fsp3) is 0.0769. The third-order valence-electron chi connectivity index (χ3n) is 8.84. The zero-order chi connectivity index (χ0) is 26.7. The Labute approximate surface area is 239 Å². The molecule has 6 aromatic rings. The largest absolute Gasteiger partial charge is 0.117 e. The molecule has 0 radical (unpaired) electrons. The highest BCUT2D eigenvalue weighted by molar-refractivity contribution is 8.00. The van der Waals surface area contributed by atoms with Crippen molar-refractivity contribution in [3.8, 4) is 22.3 Å². The highest BCUT2D eigenvalue weighted by Crippen LogP contribution is 2.59. The van der Waals surface area contributed by atoms with Gasteiger partial charge in [0.05, 0.1) is 0 Å². The van der Waals surface area contributed by atoms with Gasteiger partial charge in [0, 0.05) is 15.6 Å². The Morgan fingerprint density at radius 2 is 1.12 bits per heavy atom. The molecule has 0 fully saturated rings. The lowest BCUT2D eigenvalue weighted by atomic mass is 9.67. The van der Waals surface area contributed by atoms with Gasteiger partial charge >= 0.3 is 0 Å². The van der Waals surface area contributed by atoms with Crippen LogP contribution in [0.15, 0.2) is 151 Å². The number of benzene rings is 6. The Morgan fingerprint density at radius 1 is 0.550 bits per heavy atom. The molecule has 2 unspecified atom stereocenters. The Morgan fingerprint density at radius 3 is 1.85 bits per heavy atom. The van der Waals surface area contributed by atoms with Gasteiger partial charge in [-0.25, -0.2) is 0 Å². The van der Waals surface area contributed by atoms with E-state index in [1.165, 1.54) is 65.4 Å². The van der Waals surface area contributed by atoms with Gasteiger partial charge in [-0.1, -0.05) is 133 Å². The van der Waals surface area contributed by atoms with E-state index < -0.39 is 0 Å². The van der Waals surface area contributed by atoms with Crippen LogP contribution in [-0.4, -0.2) is 5.25 Å². The minimum Gasteiger partial charge on any atom is -0.117 e. The quantitative estimate of drug-likeness (QED) is 0.206. The molecule has 0 saturated heterocycles. The van der Waals surface area contributed by atoms with Crippen LogP contribution < -0.4 is 0 Å². The lowest BCUT2D eigenvalue weighted by Crippen LogP contribution is -2.32. The molecule has 6 aromatic carbocycles. The molecule has 0 nitrogen and oxygen atoms in total. The van der Waals surface area contributed by atoms with Crippen molar-refractivity contribution in [1.29, 1.82) is 0 Å². The molecular weight excluding hydrogens is 500 g/mol. The van der Waals surface area contributed by atoms with E-state index in [1.54, 1.807) is 0 Å². The van der Waals surface area contributed by atoms with E-state index in [0.717, 1.165) is 0 Å². The van der Waals surface area contributed by atoms with Crippen molar-refractivity contribution in [2.45, 2.75) is 22.5 Å². The molecule has 0 spiro atoms. The molecule has 1 heterocycles. The number of thioether (sulfide) groups is 1. The van der Waals surface area contributed by atoms with E-state index in [2.05, 4.69) is 153 Å². The van der Waals surface area contributed by atoms with Crippen LogP contribution in [0.2, 0.25) is 0 Å². The molecule has 2 atom stereocenters. The van der Waals surface area contributed by atoms with Gasteiger partial charge in [-0.2, -0.15) is 0 Å². The van der Waals surface area contributed by atoms with E-state index in [1.807, 2.05) is 11.8 Å². The van der Waals surface area contributed by atoms with Crippen LogP contribution in [0.25, 0.3) is 49.4 Å². The number of allylic oxidation sites excluding steroid dienone is 3. The lowest BCUT2D eigenvalue weighted by molar-refractivity contribution is 0.642. The smallest absolute Gasteiger partial charge is 0.0413 e. The van der Waals surface area contributed by atoms with E-state index in [-0.39, 0.29) is 5.41 Å². The molecule has 0 bridgehead atoms. The second kappa shape index (κ2) is 9.11. The summed E-state index contributed by atoms with van der Waals surface area (Å²) >= 11 is 2.00. The van der Waals surface area contributed by atoms with Crippen LogP contribution in [0, 0.1) is 0 Å². The van der Waals surface area contributed by atoms with Crippen LogP contribution in [0.4, 0.5) is 0 Å². The van der Waals surface area contributed by atoms with E-state index in [9.17, 15) is 0 Å². The van der Waals surface area contributed by atoms with Crippen molar-refractivity contribution in [3.05, 3.63) is 157 Å². The minimum absolute atomic E-state index is 0.101. The van der Waals surface area contributed by atoms with Crippen LogP contribution >= 0.6 is 11.8 Å². The third kappa shape index (κ3) is 3.41. The summed E-state index contributed by atoms with van der Waals surface area (Å²) in [5.41, 5.74) is 9.16. The Bertz CT molecular complexity index is 1940. The van der Waals surface area contributed by atoms with Gasteiger partial charge in [-0.3, -0.25) is 0 Å². The Hall–Kier alpha value is -4.33. The standard InChI is InChI=1S/C39H28S/c1-39-33-21-9-10-23-35(33)40-36(39)24-12-22-34(39)38-31-19-7-5-17-29(31)37(30-18-6-8-20-32(30)38)28-16-11-15-27(25-28)26-13-3-2-4-14-26/h2-25,36H,1H3. The summed E-state index contributed by atoms with van der Waals surface area (Å²) in [5.74, 6) is 0. The summed E-state index contributed by atoms with van der Waals surface area (Å²) in [5, 5.41) is 5.62. The van der Waals surface area contributed by atoms with Gasteiger partial charge in [0.15, 0.2) is 0 Å². The summed E-state index contributed by atoms with van der Waals surface area (Å²) in [6.07, 6.45) is 7.05. The summed E-state index contributed by atoms with van der Waals surface area (Å²) in [7, 11) is 0. The molecule has 0 amide bonds. The van der Waals surface area contributed by atoms with Crippen molar-refractivity contribution in [2.24, 2.45) is 0 Å². The fourth-order valence-corrected chi connectivity index (χ4v) is 8.42. The van der Waals surface area contributed by atoms with E-state index in [0.29, 0.717) is 5.25 Å². The number of hydrogen-bond donors (Lipinski definition) is 0. The fourth-order valence-electron chi connectivity index (χ4n) is 6.92. The Balaban J connectivity index is 1.43. The molecule has 1 aliphatic heterocycles. The maximum atomic E-state index is 2.45. The summed E-state index contributed by atoms with van der Waals surface area (Å²) < 4.78 is 0. The van der Waals surface area contributed by atoms with Crippen molar-refractivity contribution in [1.82, 2.24) is 0 Å². The molecule has 8 rings (SSSR count). The molecular formula is C39H28S. The first-order chi connectivity index (χ1) is 19.7. The van der Waals surface area contributed by atoms with Crippen molar-refractivity contribution >= 4 is 38.9 Å². The first-order valence-corrected chi connectivity index (χ1v) is 14.9. The molecule has 2 aliphatic rings. The summed E-state index contributed by atoms with van der Waals surface area (Å²) in [6.45, 7) is 2.45. The average molecular weight is 529 g/mol. The van der Waals surface area contributed by atoms with Gasteiger partial charge in [0.2, 0.25) is 0 Å². The normalized spacial score (nSPS) is 19.4.